The van der Waals surface area contributed by atoms with E-state index in [1.807, 2.05) is 36.4 Å². The highest BCUT2D eigenvalue weighted by Crippen LogP contribution is 2.38. The number of anilines is 6. The molecule has 0 spiro atoms. The summed E-state index contributed by atoms with van der Waals surface area (Å²) in [4.78, 5) is 4.50. The highest BCUT2D eigenvalue weighted by Gasteiger charge is 2.14. The van der Waals surface area contributed by atoms with Crippen LogP contribution in [-0.2, 0) is 0 Å². The van der Waals surface area contributed by atoms with Gasteiger partial charge in [0.15, 0.2) is 0 Å². The second kappa shape index (κ2) is 11.8. The molecule has 0 aliphatic heterocycles. The van der Waals surface area contributed by atoms with E-state index in [0.717, 1.165) is 45.6 Å². The predicted octanol–water partition coefficient (Wildman–Crippen LogP) is 11.0. The third kappa shape index (κ3) is 6.00. The Kier molecular flexibility index (Phi) is 7.51. The molecule has 200 valence electrons. The normalized spacial score (nSPS) is 10.7. The summed E-state index contributed by atoms with van der Waals surface area (Å²) in [6, 6.07) is 54.5. The van der Waals surface area contributed by atoms with Gasteiger partial charge < -0.3 is 14.5 Å². The average Bonchev–Trinajstić information content (AvgIpc) is 3.02. The molecular formula is C38H32N2O. The van der Waals surface area contributed by atoms with Crippen LogP contribution in [0.3, 0.4) is 0 Å². The number of aryl methyl sites for hydroxylation is 2. The smallest absolute Gasteiger partial charge is 0.127 e. The van der Waals surface area contributed by atoms with Crippen LogP contribution in [0.1, 0.15) is 11.1 Å². The SMILES string of the molecule is Cc1ccc(N(c2ccc(C)cc2)c2ccc(Oc3ccc(N(c4ccccc4)c4ccccc4)cc3)cc2)cc1. The minimum absolute atomic E-state index is 0.788. The van der Waals surface area contributed by atoms with Crippen LogP contribution >= 0.6 is 0 Å². The van der Waals surface area contributed by atoms with Gasteiger partial charge in [0.25, 0.3) is 0 Å². The van der Waals surface area contributed by atoms with Gasteiger partial charge in [0.1, 0.15) is 11.5 Å². The van der Waals surface area contributed by atoms with E-state index in [0.29, 0.717) is 0 Å². The summed E-state index contributed by atoms with van der Waals surface area (Å²) in [7, 11) is 0. The van der Waals surface area contributed by atoms with Crippen molar-refractivity contribution in [2.45, 2.75) is 13.8 Å². The summed E-state index contributed by atoms with van der Waals surface area (Å²) in [6.45, 7) is 4.22. The van der Waals surface area contributed by atoms with Crippen molar-refractivity contribution in [3.05, 3.63) is 169 Å². The number of rotatable bonds is 8. The van der Waals surface area contributed by atoms with Crippen LogP contribution < -0.4 is 14.5 Å². The Labute approximate surface area is 242 Å². The van der Waals surface area contributed by atoms with Crippen molar-refractivity contribution in [2.24, 2.45) is 0 Å². The van der Waals surface area contributed by atoms with Gasteiger partial charge in [-0.3, -0.25) is 0 Å². The summed E-state index contributed by atoms with van der Waals surface area (Å²) in [5.41, 5.74) is 9.06. The van der Waals surface area contributed by atoms with E-state index in [1.54, 1.807) is 0 Å². The number of nitrogens with zero attached hydrogens (tertiary/aromatic N) is 2. The number of para-hydroxylation sites is 2. The lowest BCUT2D eigenvalue weighted by Crippen LogP contribution is -2.09. The van der Waals surface area contributed by atoms with Crippen molar-refractivity contribution >= 4 is 34.1 Å². The predicted molar refractivity (Wildman–Crippen MR) is 172 cm³/mol. The first kappa shape index (κ1) is 26.0. The van der Waals surface area contributed by atoms with Crippen LogP contribution in [0.25, 0.3) is 0 Å². The summed E-state index contributed by atoms with van der Waals surface area (Å²) in [5.74, 6) is 1.58. The topological polar surface area (TPSA) is 15.7 Å². The van der Waals surface area contributed by atoms with Gasteiger partial charge in [0, 0.05) is 34.1 Å². The summed E-state index contributed by atoms with van der Waals surface area (Å²) >= 11 is 0. The largest absolute Gasteiger partial charge is 0.457 e. The van der Waals surface area contributed by atoms with Gasteiger partial charge in [0.05, 0.1) is 0 Å². The Bertz CT molecular complexity index is 1590. The fourth-order valence-corrected chi connectivity index (χ4v) is 4.90. The average molecular weight is 533 g/mol. The van der Waals surface area contributed by atoms with E-state index in [4.69, 9.17) is 4.74 Å². The first-order valence-electron chi connectivity index (χ1n) is 13.9. The molecule has 0 bridgehead atoms. The standard InChI is InChI=1S/C38H32N2O/c1-29-13-17-33(18-14-29)40(34-19-15-30(2)16-20-34)36-23-27-38(28-24-36)41-37-25-21-35(22-26-37)39(31-9-5-3-6-10-31)32-11-7-4-8-12-32/h3-28H,1-2H3. The molecule has 0 amide bonds. The number of hydrogen-bond donors (Lipinski definition) is 0. The molecule has 0 atom stereocenters. The van der Waals surface area contributed by atoms with Gasteiger partial charge in [-0.05, 0) is 111 Å². The van der Waals surface area contributed by atoms with Gasteiger partial charge >= 0.3 is 0 Å². The fourth-order valence-electron chi connectivity index (χ4n) is 4.90. The quantitative estimate of drug-likeness (QED) is 0.194. The van der Waals surface area contributed by atoms with E-state index in [9.17, 15) is 0 Å². The van der Waals surface area contributed by atoms with E-state index >= 15 is 0 Å². The second-order valence-corrected chi connectivity index (χ2v) is 10.1. The van der Waals surface area contributed by atoms with E-state index in [-0.39, 0.29) is 0 Å². The third-order valence-electron chi connectivity index (χ3n) is 7.04. The first-order valence-corrected chi connectivity index (χ1v) is 13.9. The maximum atomic E-state index is 6.27. The van der Waals surface area contributed by atoms with E-state index in [1.165, 1.54) is 11.1 Å². The van der Waals surface area contributed by atoms with Crippen molar-refractivity contribution in [1.82, 2.24) is 0 Å². The summed E-state index contributed by atoms with van der Waals surface area (Å²) in [5, 5.41) is 0. The van der Waals surface area contributed by atoms with Crippen LogP contribution in [0.15, 0.2) is 158 Å². The van der Waals surface area contributed by atoms with Gasteiger partial charge in [-0.2, -0.15) is 0 Å². The van der Waals surface area contributed by atoms with Crippen LogP contribution in [-0.4, -0.2) is 0 Å². The Morgan fingerprint density at radius 1 is 0.317 bits per heavy atom. The number of ether oxygens (including phenoxy) is 1. The lowest BCUT2D eigenvalue weighted by molar-refractivity contribution is 0.483. The summed E-state index contributed by atoms with van der Waals surface area (Å²) < 4.78 is 6.27. The second-order valence-electron chi connectivity index (χ2n) is 10.1. The van der Waals surface area contributed by atoms with Gasteiger partial charge in [0.2, 0.25) is 0 Å². The first-order chi connectivity index (χ1) is 20.1. The Balaban J connectivity index is 1.24. The van der Waals surface area contributed by atoms with Crippen molar-refractivity contribution in [3.8, 4) is 11.5 Å². The zero-order valence-corrected chi connectivity index (χ0v) is 23.3. The minimum Gasteiger partial charge on any atom is -0.457 e. The van der Waals surface area contributed by atoms with Crippen LogP contribution in [0, 0.1) is 13.8 Å². The van der Waals surface area contributed by atoms with Gasteiger partial charge in [-0.15, -0.1) is 0 Å². The highest BCUT2D eigenvalue weighted by molar-refractivity contribution is 5.78. The highest BCUT2D eigenvalue weighted by atomic mass is 16.5. The molecule has 0 aromatic heterocycles. The molecular weight excluding hydrogens is 500 g/mol. The lowest BCUT2D eigenvalue weighted by Gasteiger charge is -2.26. The van der Waals surface area contributed by atoms with Crippen molar-refractivity contribution in [2.75, 3.05) is 9.80 Å². The maximum Gasteiger partial charge on any atom is 0.127 e. The molecule has 0 aliphatic carbocycles. The molecule has 6 rings (SSSR count). The molecule has 0 N–H and O–H groups in total. The molecule has 0 saturated carbocycles. The van der Waals surface area contributed by atoms with E-state index < -0.39 is 0 Å². The molecule has 0 unspecified atom stereocenters. The van der Waals surface area contributed by atoms with Crippen LogP contribution in [0.2, 0.25) is 0 Å². The number of hydrogen-bond acceptors (Lipinski definition) is 3. The Hall–Kier alpha value is -5.28. The molecule has 0 fully saturated rings. The minimum atomic E-state index is 0.788. The number of benzene rings is 6. The Morgan fingerprint density at radius 3 is 0.902 bits per heavy atom. The third-order valence-corrected chi connectivity index (χ3v) is 7.04. The monoisotopic (exact) mass is 532 g/mol. The van der Waals surface area contributed by atoms with Crippen molar-refractivity contribution in [1.29, 1.82) is 0 Å². The zero-order valence-electron chi connectivity index (χ0n) is 23.3. The molecule has 0 heterocycles. The molecule has 6 aromatic carbocycles. The van der Waals surface area contributed by atoms with Crippen LogP contribution in [0.4, 0.5) is 34.1 Å². The molecule has 6 aromatic rings. The van der Waals surface area contributed by atoms with E-state index in [2.05, 4.69) is 145 Å². The Morgan fingerprint density at radius 2 is 0.585 bits per heavy atom. The van der Waals surface area contributed by atoms with Gasteiger partial charge in [-0.1, -0.05) is 71.8 Å². The fraction of sp³-hybridized carbons (Fsp3) is 0.0526. The molecule has 3 nitrogen and oxygen atoms in total. The molecule has 0 radical (unpaired) electrons. The molecule has 3 heteroatoms. The zero-order chi connectivity index (χ0) is 28.0. The van der Waals surface area contributed by atoms with Crippen molar-refractivity contribution < 1.29 is 4.74 Å². The maximum absolute atomic E-state index is 6.27. The lowest BCUT2D eigenvalue weighted by atomic mass is 10.1. The molecule has 0 saturated heterocycles. The molecule has 0 aliphatic rings. The molecule has 41 heavy (non-hydrogen) atoms. The van der Waals surface area contributed by atoms with Crippen molar-refractivity contribution in [3.63, 3.8) is 0 Å². The van der Waals surface area contributed by atoms with Gasteiger partial charge in [-0.25, -0.2) is 0 Å². The summed E-state index contributed by atoms with van der Waals surface area (Å²) in [6.07, 6.45) is 0. The van der Waals surface area contributed by atoms with Crippen LogP contribution in [0.5, 0.6) is 11.5 Å².